The summed E-state index contributed by atoms with van der Waals surface area (Å²) in [7, 11) is 0. The summed E-state index contributed by atoms with van der Waals surface area (Å²) >= 11 is 5.66. The Morgan fingerprint density at radius 2 is 2.00 bits per heavy atom. The lowest BCUT2D eigenvalue weighted by Gasteiger charge is -2.08. The van der Waals surface area contributed by atoms with E-state index in [1.807, 2.05) is 31.2 Å². The van der Waals surface area contributed by atoms with Gasteiger partial charge in [0.2, 0.25) is 16.9 Å². The van der Waals surface area contributed by atoms with Crippen molar-refractivity contribution in [3.63, 3.8) is 0 Å². The molecule has 0 amide bonds. The molecule has 1 aromatic carbocycles. The van der Waals surface area contributed by atoms with E-state index in [-0.39, 0.29) is 22.6 Å². The number of nitrogen functional groups attached to an aromatic ring is 1. The lowest BCUT2D eigenvalue weighted by atomic mass is 10.1. The normalized spacial score (nSPS) is 10.3. The average molecular weight is 294 g/mol. The van der Waals surface area contributed by atoms with Crippen LogP contribution in [0.5, 0.6) is 0 Å². The standard InChI is InChI=1S/C12H12ClN5O2/c1-7-2-4-8(5-3-7)6-15-11-9(18(19)20)10(14)16-12(13)17-11/h2-5H,6H2,1H3,(H3,14,15,16,17). The molecular formula is C12H12ClN5O2. The van der Waals surface area contributed by atoms with Crippen LogP contribution in [0.2, 0.25) is 5.28 Å². The molecule has 0 aliphatic heterocycles. The van der Waals surface area contributed by atoms with Crippen molar-refractivity contribution in [3.05, 3.63) is 50.8 Å². The molecular weight excluding hydrogens is 282 g/mol. The molecule has 0 unspecified atom stereocenters. The molecule has 1 aromatic heterocycles. The number of nitrogens with one attached hydrogen (secondary N) is 1. The predicted molar refractivity (Wildman–Crippen MR) is 76.6 cm³/mol. The first-order valence-corrected chi connectivity index (χ1v) is 6.12. The van der Waals surface area contributed by atoms with Gasteiger partial charge in [-0.1, -0.05) is 29.8 Å². The molecule has 2 rings (SSSR count). The Morgan fingerprint density at radius 3 is 2.60 bits per heavy atom. The third-order valence-electron chi connectivity index (χ3n) is 2.65. The average Bonchev–Trinajstić information content (AvgIpc) is 2.36. The second-order valence-corrected chi connectivity index (χ2v) is 4.51. The molecule has 0 saturated heterocycles. The molecule has 0 aliphatic rings. The first-order chi connectivity index (χ1) is 9.47. The molecule has 20 heavy (non-hydrogen) atoms. The van der Waals surface area contributed by atoms with Gasteiger partial charge >= 0.3 is 5.69 Å². The number of anilines is 2. The number of aryl methyl sites for hydroxylation is 1. The summed E-state index contributed by atoms with van der Waals surface area (Å²) in [5, 5.41) is 13.7. The zero-order valence-corrected chi connectivity index (χ0v) is 11.4. The summed E-state index contributed by atoms with van der Waals surface area (Å²) in [6, 6.07) is 7.74. The van der Waals surface area contributed by atoms with E-state index >= 15 is 0 Å². The fourth-order valence-corrected chi connectivity index (χ4v) is 1.81. The monoisotopic (exact) mass is 293 g/mol. The molecule has 1 heterocycles. The molecule has 2 aromatic rings. The van der Waals surface area contributed by atoms with Gasteiger partial charge in [-0.2, -0.15) is 9.97 Å². The number of benzene rings is 1. The smallest absolute Gasteiger partial charge is 0.353 e. The molecule has 8 heteroatoms. The lowest BCUT2D eigenvalue weighted by molar-refractivity contribution is -0.383. The van der Waals surface area contributed by atoms with Crippen molar-refractivity contribution in [2.75, 3.05) is 11.1 Å². The van der Waals surface area contributed by atoms with Crippen molar-refractivity contribution in [2.24, 2.45) is 0 Å². The van der Waals surface area contributed by atoms with E-state index < -0.39 is 4.92 Å². The van der Waals surface area contributed by atoms with E-state index in [0.29, 0.717) is 6.54 Å². The summed E-state index contributed by atoms with van der Waals surface area (Å²) in [5.41, 5.74) is 7.21. The lowest BCUT2D eigenvalue weighted by Crippen LogP contribution is -2.08. The Bertz CT molecular complexity index is 645. The number of halogens is 1. The molecule has 0 saturated carbocycles. The van der Waals surface area contributed by atoms with E-state index in [9.17, 15) is 10.1 Å². The zero-order valence-electron chi connectivity index (χ0n) is 10.6. The maximum Gasteiger partial charge on any atom is 0.353 e. The topological polar surface area (TPSA) is 107 Å². The number of nitrogens with two attached hydrogens (primary N) is 1. The molecule has 0 bridgehead atoms. The van der Waals surface area contributed by atoms with Crippen LogP contribution in [0, 0.1) is 17.0 Å². The third-order valence-corrected chi connectivity index (χ3v) is 2.82. The van der Waals surface area contributed by atoms with Crippen molar-refractivity contribution in [1.82, 2.24) is 9.97 Å². The number of nitrogens with zero attached hydrogens (tertiary/aromatic N) is 3. The van der Waals surface area contributed by atoms with Crippen molar-refractivity contribution in [1.29, 1.82) is 0 Å². The van der Waals surface area contributed by atoms with Crippen LogP contribution in [-0.2, 0) is 6.54 Å². The van der Waals surface area contributed by atoms with Gasteiger partial charge in [-0.25, -0.2) is 0 Å². The van der Waals surface area contributed by atoms with Crippen LogP contribution in [-0.4, -0.2) is 14.9 Å². The summed E-state index contributed by atoms with van der Waals surface area (Å²) < 4.78 is 0. The van der Waals surface area contributed by atoms with Gasteiger partial charge in [0.25, 0.3) is 0 Å². The maximum absolute atomic E-state index is 11.0. The fourth-order valence-electron chi connectivity index (χ4n) is 1.64. The summed E-state index contributed by atoms with van der Waals surface area (Å²) in [5.74, 6) is -0.255. The highest BCUT2D eigenvalue weighted by molar-refractivity contribution is 6.28. The Labute approximate surface area is 120 Å². The van der Waals surface area contributed by atoms with Crippen LogP contribution < -0.4 is 11.1 Å². The Hall–Kier alpha value is -2.41. The van der Waals surface area contributed by atoms with Gasteiger partial charge in [0.1, 0.15) is 0 Å². The first kappa shape index (κ1) is 14.0. The van der Waals surface area contributed by atoms with Crippen LogP contribution in [0.4, 0.5) is 17.3 Å². The van der Waals surface area contributed by atoms with Crippen LogP contribution in [0.15, 0.2) is 24.3 Å². The summed E-state index contributed by atoms with van der Waals surface area (Å²) in [4.78, 5) is 17.7. The highest BCUT2D eigenvalue weighted by Gasteiger charge is 2.22. The quantitative estimate of drug-likeness (QED) is 0.509. The van der Waals surface area contributed by atoms with Gasteiger partial charge in [0.15, 0.2) is 0 Å². The van der Waals surface area contributed by atoms with Crippen molar-refractivity contribution in [3.8, 4) is 0 Å². The molecule has 0 fully saturated rings. The van der Waals surface area contributed by atoms with Crippen LogP contribution in [0.3, 0.4) is 0 Å². The van der Waals surface area contributed by atoms with Gasteiger partial charge in [-0.3, -0.25) is 10.1 Å². The van der Waals surface area contributed by atoms with Gasteiger partial charge in [0.05, 0.1) is 4.92 Å². The van der Waals surface area contributed by atoms with E-state index in [1.165, 1.54) is 0 Å². The van der Waals surface area contributed by atoms with Crippen LogP contribution in [0.25, 0.3) is 0 Å². The highest BCUT2D eigenvalue weighted by Crippen LogP contribution is 2.29. The molecule has 0 radical (unpaired) electrons. The molecule has 3 N–H and O–H groups in total. The molecule has 0 atom stereocenters. The van der Waals surface area contributed by atoms with Crippen molar-refractivity contribution >= 4 is 28.9 Å². The molecule has 0 aliphatic carbocycles. The number of hydrogen-bond acceptors (Lipinski definition) is 6. The van der Waals surface area contributed by atoms with Crippen molar-refractivity contribution < 1.29 is 4.92 Å². The largest absolute Gasteiger partial charge is 0.378 e. The predicted octanol–water partition coefficient (Wildman–Crippen LogP) is 2.54. The SMILES string of the molecule is Cc1ccc(CNc2nc(Cl)nc(N)c2[N+](=O)[O-])cc1. The minimum atomic E-state index is -0.636. The molecule has 104 valence electrons. The van der Waals surface area contributed by atoms with E-state index in [1.54, 1.807) is 0 Å². The maximum atomic E-state index is 11.0. The van der Waals surface area contributed by atoms with E-state index in [0.717, 1.165) is 11.1 Å². The van der Waals surface area contributed by atoms with Crippen LogP contribution in [0.1, 0.15) is 11.1 Å². The Kier molecular flexibility index (Phi) is 3.99. The fraction of sp³-hybridized carbons (Fsp3) is 0.167. The van der Waals surface area contributed by atoms with E-state index in [4.69, 9.17) is 17.3 Å². The van der Waals surface area contributed by atoms with Gasteiger partial charge in [0, 0.05) is 6.54 Å². The molecule has 0 spiro atoms. The third kappa shape index (κ3) is 3.12. The second kappa shape index (κ2) is 5.70. The van der Waals surface area contributed by atoms with Crippen molar-refractivity contribution in [2.45, 2.75) is 13.5 Å². The number of rotatable bonds is 4. The van der Waals surface area contributed by atoms with Crippen LogP contribution >= 0.6 is 11.6 Å². The Balaban J connectivity index is 2.24. The minimum absolute atomic E-state index is 0.00748. The molecule has 7 nitrogen and oxygen atoms in total. The van der Waals surface area contributed by atoms with Gasteiger partial charge in [-0.15, -0.1) is 0 Å². The van der Waals surface area contributed by atoms with Gasteiger partial charge < -0.3 is 11.1 Å². The highest BCUT2D eigenvalue weighted by atomic mass is 35.5. The summed E-state index contributed by atoms with van der Waals surface area (Å²) in [6.07, 6.45) is 0. The number of nitro groups is 1. The second-order valence-electron chi connectivity index (χ2n) is 4.17. The summed E-state index contributed by atoms with van der Waals surface area (Å²) in [6.45, 7) is 2.35. The minimum Gasteiger partial charge on any atom is -0.378 e. The first-order valence-electron chi connectivity index (χ1n) is 5.74. The van der Waals surface area contributed by atoms with E-state index in [2.05, 4.69) is 15.3 Å². The number of hydrogen-bond donors (Lipinski definition) is 2. The van der Waals surface area contributed by atoms with Gasteiger partial charge in [-0.05, 0) is 24.1 Å². The zero-order chi connectivity index (χ0) is 14.7. The number of aromatic nitrogens is 2. The Morgan fingerprint density at radius 1 is 1.35 bits per heavy atom.